The third kappa shape index (κ3) is 3.00. The molecule has 2 saturated heterocycles. The van der Waals surface area contributed by atoms with Crippen molar-refractivity contribution >= 4 is 5.91 Å². The van der Waals surface area contributed by atoms with E-state index in [2.05, 4.69) is 10.6 Å². The zero-order valence-electron chi connectivity index (χ0n) is 11.4. The number of carbonyl (C=O) groups is 1. The van der Waals surface area contributed by atoms with Crippen molar-refractivity contribution in [3.63, 3.8) is 0 Å². The first kappa shape index (κ1) is 12.7. The molecule has 3 rings (SSSR count). The molecule has 3 heterocycles. The van der Waals surface area contributed by atoms with Crippen LogP contribution in [0.5, 0.6) is 0 Å². The zero-order valence-corrected chi connectivity index (χ0v) is 11.4. The molecule has 4 heteroatoms. The highest BCUT2D eigenvalue weighted by atomic mass is 16.3. The lowest BCUT2D eigenvalue weighted by Crippen LogP contribution is -2.40. The van der Waals surface area contributed by atoms with Gasteiger partial charge >= 0.3 is 0 Å². The topological polar surface area (TPSA) is 54.3 Å². The van der Waals surface area contributed by atoms with Crippen molar-refractivity contribution < 1.29 is 9.21 Å². The van der Waals surface area contributed by atoms with Gasteiger partial charge in [0.1, 0.15) is 5.76 Å². The lowest BCUT2D eigenvalue weighted by Gasteiger charge is -2.28. The minimum Gasteiger partial charge on any atom is -0.467 e. The highest BCUT2D eigenvalue weighted by Gasteiger charge is 2.34. The fourth-order valence-corrected chi connectivity index (χ4v) is 3.51. The first-order chi connectivity index (χ1) is 9.20. The molecule has 1 amide bonds. The van der Waals surface area contributed by atoms with E-state index in [1.807, 2.05) is 19.1 Å². The van der Waals surface area contributed by atoms with E-state index in [-0.39, 0.29) is 11.9 Å². The van der Waals surface area contributed by atoms with Gasteiger partial charge in [-0.2, -0.15) is 0 Å². The standard InChI is InChI=1S/C15H22N2O2/c1-10(14-3-2-6-19-14)16-15(18)9-11-7-12-4-5-13(8-11)17-12/h2-3,6,10-13,17H,4-5,7-9H2,1H3,(H,16,18)/t10-,11?,12?,13?/m0/s1. The summed E-state index contributed by atoms with van der Waals surface area (Å²) in [7, 11) is 0. The third-order valence-electron chi connectivity index (χ3n) is 4.39. The van der Waals surface area contributed by atoms with E-state index in [0.29, 0.717) is 24.4 Å². The van der Waals surface area contributed by atoms with Crippen molar-refractivity contribution in [1.82, 2.24) is 10.6 Å². The summed E-state index contributed by atoms with van der Waals surface area (Å²) in [5.74, 6) is 1.51. The number of hydrogen-bond donors (Lipinski definition) is 2. The smallest absolute Gasteiger partial charge is 0.220 e. The van der Waals surface area contributed by atoms with Gasteiger partial charge in [-0.05, 0) is 50.7 Å². The van der Waals surface area contributed by atoms with Crippen LogP contribution in [0.25, 0.3) is 0 Å². The highest BCUT2D eigenvalue weighted by molar-refractivity contribution is 5.76. The van der Waals surface area contributed by atoms with Crippen LogP contribution in [0, 0.1) is 5.92 Å². The molecular weight excluding hydrogens is 240 g/mol. The van der Waals surface area contributed by atoms with Gasteiger partial charge in [0.15, 0.2) is 0 Å². The second-order valence-electron chi connectivity index (χ2n) is 5.98. The maximum absolute atomic E-state index is 12.1. The molecule has 0 aromatic carbocycles. The molecule has 0 aliphatic carbocycles. The fraction of sp³-hybridized carbons (Fsp3) is 0.667. The van der Waals surface area contributed by atoms with Crippen molar-refractivity contribution in [1.29, 1.82) is 0 Å². The average molecular weight is 262 g/mol. The SMILES string of the molecule is C[C@H](NC(=O)CC1CC2CCC(C1)N2)c1ccco1. The van der Waals surface area contributed by atoms with Gasteiger partial charge in [0.25, 0.3) is 0 Å². The second-order valence-corrected chi connectivity index (χ2v) is 5.98. The second kappa shape index (κ2) is 5.37. The van der Waals surface area contributed by atoms with Crippen LogP contribution in [0.4, 0.5) is 0 Å². The Labute approximate surface area is 113 Å². The number of rotatable bonds is 4. The molecule has 104 valence electrons. The van der Waals surface area contributed by atoms with Crippen LogP contribution < -0.4 is 10.6 Å². The minimum absolute atomic E-state index is 0.0408. The van der Waals surface area contributed by atoms with Crippen molar-refractivity contribution in [3.05, 3.63) is 24.2 Å². The molecule has 2 bridgehead atoms. The third-order valence-corrected chi connectivity index (χ3v) is 4.39. The Morgan fingerprint density at radius 2 is 2.21 bits per heavy atom. The van der Waals surface area contributed by atoms with Crippen LogP contribution in [0.1, 0.15) is 50.8 Å². The monoisotopic (exact) mass is 262 g/mol. The quantitative estimate of drug-likeness (QED) is 0.876. The maximum atomic E-state index is 12.1. The molecule has 0 radical (unpaired) electrons. The van der Waals surface area contributed by atoms with Crippen LogP contribution in [0.15, 0.2) is 22.8 Å². The Hall–Kier alpha value is -1.29. The molecule has 19 heavy (non-hydrogen) atoms. The van der Waals surface area contributed by atoms with Gasteiger partial charge < -0.3 is 15.1 Å². The van der Waals surface area contributed by atoms with Crippen LogP contribution >= 0.6 is 0 Å². The lowest BCUT2D eigenvalue weighted by atomic mass is 9.89. The van der Waals surface area contributed by atoms with E-state index >= 15 is 0 Å². The summed E-state index contributed by atoms with van der Waals surface area (Å²) in [4.78, 5) is 12.1. The Balaban J connectivity index is 1.49. The number of furan rings is 1. The molecule has 2 unspecified atom stereocenters. The van der Waals surface area contributed by atoms with E-state index in [9.17, 15) is 4.79 Å². The van der Waals surface area contributed by atoms with Gasteiger partial charge in [-0.25, -0.2) is 0 Å². The number of carbonyl (C=O) groups excluding carboxylic acids is 1. The highest BCUT2D eigenvalue weighted by Crippen LogP contribution is 2.32. The number of amides is 1. The zero-order chi connectivity index (χ0) is 13.2. The van der Waals surface area contributed by atoms with E-state index in [1.54, 1.807) is 6.26 Å². The molecule has 1 aromatic rings. The Kier molecular flexibility index (Phi) is 3.60. The Morgan fingerprint density at radius 1 is 1.47 bits per heavy atom. The molecular formula is C15H22N2O2. The number of fused-ring (bicyclic) bond motifs is 2. The van der Waals surface area contributed by atoms with Crippen molar-refractivity contribution in [2.45, 2.75) is 57.2 Å². The summed E-state index contributed by atoms with van der Waals surface area (Å²) >= 11 is 0. The summed E-state index contributed by atoms with van der Waals surface area (Å²) in [6.07, 6.45) is 7.16. The van der Waals surface area contributed by atoms with Crippen molar-refractivity contribution in [3.8, 4) is 0 Å². The minimum atomic E-state index is -0.0408. The molecule has 2 aliphatic heterocycles. The van der Waals surface area contributed by atoms with E-state index in [4.69, 9.17) is 4.42 Å². The van der Waals surface area contributed by atoms with Gasteiger partial charge in [-0.15, -0.1) is 0 Å². The number of piperidine rings is 1. The predicted octanol–water partition coefficient (Wildman–Crippen LogP) is 2.38. The number of nitrogens with one attached hydrogen (secondary N) is 2. The molecule has 4 nitrogen and oxygen atoms in total. The summed E-state index contributed by atoms with van der Waals surface area (Å²) in [5, 5.41) is 6.64. The molecule has 1 aromatic heterocycles. The van der Waals surface area contributed by atoms with E-state index < -0.39 is 0 Å². The number of hydrogen-bond acceptors (Lipinski definition) is 3. The molecule has 2 N–H and O–H groups in total. The van der Waals surface area contributed by atoms with Gasteiger partial charge in [0.05, 0.1) is 12.3 Å². The van der Waals surface area contributed by atoms with E-state index in [1.165, 1.54) is 12.8 Å². The van der Waals surface area contributed by atoms with Crippen LogP contribution in [-0.2, 0) is 4.79 Å². The summed E-state index contributed by atoms with van der Waals surface area (Å²) in [6.45, 7) is 1.96. The first-order valence-corrected chi connectivity index (χ1v) is 7.29. The summed E-state index contributed by atoms with van der Waals surface area (Å²) in [6, 6.07) is 5.01. The van der Waals surface area contributed by atoms with Crippen molar-refractivity contribution in [2.75, 3.05) is 0 Å². The molecule has 3 atom stereocenters. The van der Waals surface area contributed by atoms with Gasteiger partial charge in [0, 0.05) is 18.5 Å². The molecule has 0 saturated carbocycles. The van der Waals surface area contributed by atoms with Gasteiger partial charge in [0.2, 0.25) is 5.91 Å². The van der Waals surface area contributed by atoms with Crippen molar-refractivity contribution in [2.24, 2.45) is 5.92 Å². The largest absolute Gasteiger partial charge is 0.467 e. The van der Waals surface area contributed by atoms with Gasteiger partial charge in [-0.1, -0.05) is 0 Å². The van der Waals surface area contributed by atoms with Crippen LogP contribution in [0.3, 0.4) is 0 Å². The first-order valence-electron chi connectivity index (χ1n) is 7.29. The van der Waals surface area contributed by atoms with Gasteiger partial charge in [-0.3, -0.25) is 4.79 Å². The average Bonchev–Trinajstić information content (AvgIpc) is 2.99. The normalized spacial score (nSPS) is 31.1. The predicted molar refractivity (Wildman–Crippen MR) is 72.6 cm³/mol. The van der Waals surface area contributed by atoms with E-state index in [0.717, 1.165) is 18.6 Å². The molecule has 2 fully saturated rings. The Bertz CT molecular complexity index is 417. The molecule has 2 aliphatic rings. The fourth-order valence-electron chi connectivity index (χ4n) is 3.51. The maximum Gasteiger partial charge on any atom is 0.220 e. The lowest BCUT2D eigenvalue weighted by molar-refractivity contribution is -0.123. The summed E-state index contributed by atoms with van der Waals surface area (Å²) < 4.78 is 5.31. The van der Waals surface area contributed by atoms with Crippen LogP contribution in [0.2, 0.25) is 0 Å². The van der Waals surface area contributed by atoms with Crippen LogP contribution in [-0.4, -0.2) is 18.0 Å². The summed E-state index contributed by atoms with van der Waals surface area (Å²) in [5.41, 5.74) is 0. The molecule has 0 spiro atoms. The Morgan fingerprint density at radius 3 is 2.84 bits per heavy atom.